The van der Waals surface area contributed by atoms with Gasteiger partial charge >= 0.3 is 19.5 Å². The van der Waals surface area contributed by atoms with Crippen molar-refractivity contribution in [2.75, 3.05) is 13.1 Å². The summed E-state index contributed by atoms with van der Waals surface area (Å²) in [7, 11) is -3.93. The van der Waals surface area contributed by atoms with Crippen LogP contribution >= 0.6 is 7.67 Å². The summed E-state index contributed by atoms with van der Waals surface area (Å²) in [6.07, 6.45) is -7.64. The van der Waals surface area contributed by atoms with Gasteiger partial charge in [0.05, 0.1) is 4.92 Å². The highest BCUT2D eigenvalue weighted by Crippen LogP contribution is 2.67. The third-order valence-electron chi connectivity index (χ3n) is 4.31. The molecule has 0 saturated carbocycles. The normalized spacial score (nSPS) is 31.2. The second kappa shape index (κ2) is 6.26. The van der Waals surface area contributed by atoms with Crippen molar-refractivity contribution in [2.45, 2.75) is 38.2 Å². The van der Waals surface area contributed by atoms with Gasteiger partial charge < -0.3 is 0 Å². The minimum Gasteiger partial charge on any atom is -0.288 e. The number of hydrogen-bond donors (Lipinski definition) is 0. The molecule has 2 saturated heterocycles. The summed E-state index contributed by atoms with van der Waals surface area (Å²) >= 11 is 0. The van der Waals surface area contributed by atoms with Gasteiger partial charge in [0.25, 0.3) is 0 Å². The molecule has 0 aromatic heterocycles. The van der Waals surface area contributed by atoms with E-state index < -0.39 is 41.9 Å². The number of nitrogens with zero attached hydrogens (tertiary/aromatic N) is 3. The molecule has 0 bridgehead atoms. The third-order valence-corrected chi connectivity index (χ3v) is 7.21. The Balaban J connectivity index is 1.95. The molecule has 26 heavy (non-hydrogen) atoms. The zero-order valence-corrected chi connectivity index (χ0v) is 14.7. The first-order valence-electron chi connectivity index (χ1n) is 7.78. The summed E-state index contributed by atoms with van der Waals surface area (Å²) in [4.78, 5) is 9.61. The molecule has 4 unspecified atom stereocenters. The highest BCUT2D eigenvalue weighted by atomic mass is 31.2. The van der Waals surface area contributed by atoms with Crippen LogP contribution in [0.1, 0.15) is 25.5 Å². The number of nitro groups is 1. The quantitative estimate of drug-likeness (QED) is 0.239. The number of hydrogen-bond acceptors (Lipinski definition) is 4. The van der Waals surface area contributed by atoms with Crippen molar-refractivity contribution < 1.29 is 31.6 Å². The van der Waals surface area contributed by atoms with Crippen LogP contribution in [0.5, 0.6) is 0 Å². The predicted molar refractivity (Wildman–Crippen MR) is 82.9 cm³/mol. The zero-order valence-electron chi connectivity index (χ0n) is 13.8. The molecule has 2 aliphatic rings. The van der Waals surface area contributed by atoms with E-state index >= 15 is 0 Å². The maximum Gasteiger partial charge on any atom is 0.419 e. The fourth-order valence-corrected chi connectivity index (χ4v) is 5.64. The van der Waals surface area contributed by atoms with Crippen LogP contribution in [0, 0.1) is 15.9 Å². The summed E-state index contributed by atoms with van der Waals surface area (Å²) < 4.78 is 75.4. The van der Waals surface area contributed by atoms with E-state index in [4.69, 9.17) is 4.52 Å². The first kappa shape index (κ1) is 19.2. The van der Waals surface area contributed by atoms with E-state index in [1.807, 2.05) is 0 Å². The Morgan fingerprint density at radius 3 is 2.12 bits per heavy atom. The van der Waals surface area contributed by atoms with Gasteiger partial charge in [-0.15, -0.1) is 0 Å². The molecule has 0 radical (unpaired) electrons. The highest BCUT2D eigenvalue weighted by molar-refractivity contribution is 7.54. The van der Waals surface area contributed by atoms with Crippen LogP contribution in [0.25, 0.3) is 0 Å². The molecule has 0 N–H and O–H groups in total. The molecule has 0 spiro atoms. The minimum atomic E-state index is -4.98. The van der Waals surface area contributed by atoms with Crippen LogP contribution < -0.4 is 0 Å². The van der Waals surface area contributed by atoms with Crippen LogP contribution in [-0.4, -0.2) is 45.6 Å². The minimum absolute atomic E-state index is 0.184. The molecule has 2 fully saturated rings. The van der Waals surface area contributed by atoms with Crippen LogP contribution in [0.3, 0.4) is 0 Å². The lowest BCUT2D eigenvalue weighted by Crippen LogP contribution is -2.26. The van der Waals surface area contributed by atoms with Gasteiger partial charge in [-0.2, -0.15) is 17.6 Å². The molecule has 144 valence electrons. The zero-order chi connectivity index (χ0) is 19.4. The van der Waals surface area contributed by atoms with Gasteiger partial charge in [0.2, 0.25) is 5.82 Å². The van der Waals surface area contributed by atoms with E-state index in [9.17, 15) is 32.2 Å². The van der Waals surface area contributed by atoms with E-state index in [0.717, 1.165) is 6.07 Å². The van der Waals surface area contributed by atoms with Gasteiger partial charge in [-0.05, 0) is 31.5 Å². The fraction of sp³-hybridized carbons (Fsp3) is 0.571. The molecule has 2 heterocycles. The molecular formula is C14H16F4N3O4P. The van der Waals surface area contributed by atoms with Crippen LogP contribution in [-0.2, 0) is 9.09 Å². The van der Waals surface area contributed by atoms with Crippen molar-refractivity contribution in [1.82, 2.24) is 9.34 Å². The molecule has 3 rings (SSSR count). The number of halogens is 4. The highest BCUT2D eigenvalue weighted by Gasteiger charge is 2.60. The maximum absolute atomic E-state index is 13.8. The van der Waals surface area contributed by atoms with E-state index in [2.05, 4.69) is 0 Å². The Hall–Kier alpha value is -1.55. The topological polar surface area (TPSA) is 75.5 Å². The van der Waals surface area contributed by atoms with E-state index in [1.165, 1.54) is 9.34 Å². The summed E-state index contributed by atoms with van der Waals surface area (Å²) in [5, 5.41) is 10.7. The van der Waals surface area contributed by atoms with E-state index in [-0.39, 0.29) is 12.1 Å². The Morgan fingerprint density at radius 2 is 1.77 bits per heavy atom. The molecule has 12 heteroatoms. The van der Waals surface area contributed by atoms with Gasteiger partial charge in [-0.25, -0.2) is 9.34 Å². The first-order chi connectivity index (χ1) is 11.9. The van der Waals surface area contributed by atoms with Crippen molar-refractivity contribution in [2.24, 2.45) is 0 Å². The van der Waals surface area contributed by atoms with Gasteiger partial charge in [-0.1, -0.05) is 0 Å². The largest absolute Gasteiger partial charge is 0.419 e. The van der Waals surface area contributed by atoms with E-state index in [0.29, 0.717) is 25.2 Å². The van der Waals surface area contributed by atoms with Crippen molar-refractivity contribution in [3.8, 4) is 0 Å². The number of alkyl halides is 3. The lowest BCUT2D eigenvalue weighted by molar-refractivity contribution is -0.387. The second-order valence-electron chi connectivity index (χ2n) is 6.43. The van der Waals surface area contributed by atoms with Crippen LogP contribution in [0.4, 0.5) is 23.2 Å². The molecule has 0 aliphatic carbocycles. The number of benzene rings is 1. The van der Waals surface area contributed by atoms with Crippen molar-refractivity contribution in [1.29, 1.82) is 0 Å². The smallest absolute Gasteiger partial charge is 0.288 e. The average Bonchev–Trinajstić information content (AvgIpc) is 3.41. The molecular weight excluding hydrogens is 381 g/mol. The summed E-state index contributed by atoms with van der Waals surface area (Å²) in [6.45, 7) is 4.08. The summed E-state index contributed by atoms with van der Waals surface area (Å²) in [5.41, 5.74) is -1.62. The Bertz CT molecular complexity index is 770. The first-order valence-corrected chi connectivity index (χ1v) is 9.31. The van der Waals surface area contributed by atoms with Gasteiger partial charge in [0, 0.05) is 31.2 Å². The SMILES string of the molecule is CC1CN1P(=O)(O[C@H](c1ccc([N+](=O)[O-])c(F)c1)C(F)(F)F)N1CC1C. The van der Waals surface area contributed by atoms with Gasteiger partial charge in [-0.3, -0.25) is 19.2 Å². The molecule has 2 aliphatic heterocycles. The standard InChI is InChI=1S/C14H16F4N3O4P/c1-8-6-19(8)26(24,20-7-9(20)2)25-13(14(16,17)18)10-3-4-12(21(22)23)11(15)5-10/h3-5,8-9,13H,6-7H2,1-2H3/t8?,9?,13-,19?,20?,26?/m1/s1. The van der Waals surface area contributed by atoms with Gasteiger partial charge in [0.15, 0.2) is 6.10 Å². The van der Waals surface area contributed by atoms with E-state index in [1.54, 1.807) is 13.8 Å². The summed E-state index contributed by atoms with van der Waals surface area (Å²) in [6, 6.07) is 1.43. The third kappa shape index (κ3) is 3.48. The molecule has 7 nitrogen and oxygen atoms in total. The fourth-order valence-electron chi connectivity index (χ4n) is 2.70. The number of rotatable bonds is 6. The Labute approximate surface area is 146 Å². The lowest BCUT2D eigenvalue weighted by Gasteiger charge is -2.28. The summed E-state index contributed by atoms with van der Waals surface area (Å²) in [5.74, 6) is -1.42. The van der Waals surface area contributed by atoms with Crippen molar-refractivity contribution in [3.05, 3.63) is 39.7 Å². The number of nitro benzene ring substituents is 1. The van der Waals surface area contributed by atoms with Crippen molar-refractivity contribution >= 4 is 13.4 Å². The molecule has 0 amide bonds. The lowest BCUT2D eigenvalue weighted by atomic mass is 10.1. The Kier molecular flexibility index (Phi) is 4.63. The monoisotopic (exact) mass is 397 g/mol. The van der Waals surface area contributed by atoms with Gasteiger partial charge in [0.1, 0.15) is 0 Å². The average molecular weight is 397 g/mol. The molecule has 1 aromatic rings. The van der Waals surface area contributed by atoms with Crippen LogP contribution in [0.15, 0.2) is 18.2 Å². The van der Waals surface area contributed by atoms with Crippen molar-refractivity contribution in [3.63, 3.8) is 0 Å². The maximum atomic E-state index is 13.8. The molecule has 1 aromatic carbocycles. The molecule has 5 atom stereocenters. The predicted octanol–water partition coefficient (Wildman–Crippen LogP) is 3.87. The Morgan fingerprint density at radius 1 is 1.27 bits per heavy atom. The second-order valence-corrected chi connectivity index (χ2v) is 8.65. The van der Waals surface area contributed by atoms with Crippen LogP contribution in [0.2, 0.25) is 0 Å².